The molecule has 0 aliphatic carbocycles. The summed E-state index contributed by atoms with van der Waals surface area (Å²) in [6.07, 6.45) is 0. The van der Waals surface area contributed by atoms with Crippen LogP contribution in [0.1, 0.15) is 31.1 Å². The fourth-order valence-electron chi connectivity index (χ4n) is 1.87. The summed E-state index contributed by atoms with van der Waals surface area (Å²) in [6.45, 7) is 0.802. The molecular formula is C13H14N2O4. The average molecular weight is 262 g/mol. The fourth-order valence-corrected chi connectivity index (χ4v) is 1.87. The van der Waals surface area contributed by atoms with Crippen molar-refractivity contribution in [1.29, 1.82) is 0 Å². The summed E-state index contributed by atoms with van der Waals surface area (Å²) in [6, 6.07) is 4.48. The third-order valence-electron chi connectivity index (χ3n) is 2.94. The van der Waals surface area contributed by atoms with E-state index in [2.05, 4.69) is 5.32 Å². The highest BCUT2D eigenvalue weighted by molar-refractivity contribution is 6.21. The van der Waals surface area contributed by atoms with Gasteiger partial charge in [0, 0.05) is 26.3 Å². The van der Waals surface area contributed by atoms with Crippen molar-refractivity contribution in [1.82, 2.24) is 10.2 Å². The van der Waals surface area contributed by atoms with E-state index >= 15 is 0 Å². The third-order valence-corrected chi connectivity index (χ3v) is 2.94. The van der Waals surface area contributed by atoms with Crippen LogP contribution in [0.2, 0.25) is 0 Å². The normalized spacial score (nSPS) is 13.7. The molecule has 1 aliphatic heterocycles. The Kier molecular flexibility index (Phi) is 3.62. The number of imide groups is 1. The Balaban J connectivity index is 2.21. The summed E-state index contributed by atoms with van der Waals surface area (Å²) in [7, 11) is 2.96. The molecule has 0 unspecified atom stereocenters. The Hall–Kier alpha value is -2.21. The standard InChI is InChI=1S/C13H14N2O4/c1-15-12(17)9-4-3-8(7-10(9)13(15)18)11(16)14-5-6-19-2/h3-4,7H,5-6H2,1-2H3,(H,14,16). The van der Waals surface area contributed by atoms with Crippen LogP contribution in [0, 0.1) is 0 Å². The zero-order valence-electron chi connectivity index (χ0n) is 10.7. The van der Waals surface area contributed by atoms with Crippen molar-refractivity contribution >= 4 is 17.7 Å². The van der Waals surface area contributed by atoms with Gasteiger partial charge in [-0.25, -0.2) is 0 Å². The van der Waals surface area contributed by atoms with Gasteiger partial charge in [-0.3, -0.25) is 19.3 Å². The van der Waals surface area contributed by atoms with E-state index in [4.69, 9.17) is 4.74 Å². The molecule has 3 amide bonds. The monoisotopic (exact) mass is 262 g/mol. The predicted octanol–water partition coefficient (Wildman–Crippen LogP) is 0.289. The highest BCUT2D eigenvalue weighted by Gasteiger charge is 2.33. The number of ether oxygens (including phenoxy) is 1. The highest BCUT2D eigenvalue weighted by atomic mass is 16.5. The molecule has 19 heavy (non-hydrogen) atoms. The lowest BCUT2D eigenvalue weighted by Crippen LogP contribution is -2.27. The van der Waals surface area contributed by atoms with Gasteiger partial charge in [-0.2, -0.15) is 0 Å². The van der Waals surface area contributed by atoms with E-state index in [1.807, 2.05) is 0 Å². The number of carbonyl (C=O) groups excluding carboxylic acids is 3. The zero-order valence-corrected chi connectivity index (χ0v) is 10.7. The van der Waals surface area contributed by atoms with Crippen molar-refractivity contribution < 1.29 is 19.1 Å². The lowest BCUT2D eigenvalue weighted by molar-refractivity contribution is 0.0693. The molecule has 0 radical (unpaired) electrons. The van der Waals surface area contributed by atoms with Crippen molar-refractivity contribution in [3.8, 4) is 0 Å². The van der Waals surface area contributed by atoms with Crippen LogP contribution in [0.5, 0.6) is 0 Å². The van der Waals surface area contributed by atoms with E-state index in [1.165, 1.54) is 25.2 Å². The lowest BCUT2D eigenvalue weighted by atomic mass is 10.1. The van der Waals surface area contributed by atoms with Gasteiger partial charge in [0.15, 0.2) is 0 Å². The molecule has 1 aromatic carbocycles. The van der Waals surface area contributed by atoms with E-state index < -0.39 is 0 Å². The smallest absolute Gasteiger partial charge is 0.261 e. The second-order valence-corrected chi connectivity index (χ2v) is 4.18. The molecule has 1 aromatic rings. The van der Waals surface area contributed by atoms with Gasteiger partial charge in [0.1, 0.15) is 0 Å². The van der Waals surface area contributed by atoms with E-state index in [-0.39, 0.29) is 23.3 Å². The molecule has 6 nitrogen and oxygen atoms in total. The van der Waals surface area contributed by atoms with Crippen LogP contribution < -0.4 is 5.32 Å². The van der Waals surface area contributed by atoms with Gasteiger partial charge in [-0.15, -0.1) is 0 Å². The molecule has 0 fully saturated rings. The number of benzene rings is 1. The summed E-state index contributed by atoms with van der Waals surface area (Å²) in [5.74, 6) is -1.02. The minimum absolute atomic E-state index is 0.270. The first-order chi connectivity index (χ1) is 9.06. The maximum absolute atomic E-state index is 11.8. The van der Waals surface area contributed by atoms with Gasteiger partial charge in [0.2, 0.25) is 0 Å². The largest absolute Gasteiger partial charge is 0.383 e. The number of nitrogens with zero attached hydrogens (tertiary/aromatic N) is 1. The predicted molar refractivity (Wildman–Crippen MR) is 67.1 cm³/mol. The molecule has 6 heteroatoms. The fraction of sp³-hybridized carbons (Fsp3) is 0.308. The van der Waals surface area contributed by atoms with Crippen molar-refractivity contribution in [2.45, 2.75) is 0 Å². The second kappa shape index (κ2) is 5.19. The molecule has 1 heterocycles. The molecule has 0 saturated heterocycles. The number of amides is 3. The second-order valence-electron chi connectivity index (χ2n) is 4.18. The Morgan fingerprint density at radius 1 is 1.26 bits per heavy atom. The zero-order chi connectivity index (χ0) is 14.0. The molecule has 100 valence electrons. The number of hydrogen-bond acceptors (Lipinski definition) is 4. The summed E-state index contributed by atoms with van der Waals surface area (Å²) in [4.78, 5) is 36.3. The Morgan fingerprint density at radius 2 is 1.95 bits per heavy atom. The minimum atomic E-state index is -0.383. The van der Waals surface area contributed by atoms with Crippen molar-refractivity contribution in [2.24, 2.45) is 0 Å². The minimum Gasteiger partial charge on any atom is -0.383 e. The molecular weight excluding hydrogens is 248 g/mol. The Bertz CT molecular complexity index is 554. The van der Waals surface area contributed by atoms with Gasteiger partial charge in [0.05, 0.1) is 17.7 Å². The number of hydrogen-bond donors (Lipinski definition) is 1. The van der Waals surface area contributed by atoms with E-state index in [0.29, 0.717) is 24.3 Å². The summed E-state index contributed by atoms with van der Waals surface area (Å²) in [5, 5.41) is 2.65. The molecule has 2 rings (SSSR count). The van der Waals surface area contributed by atoms with Crippen LogP contribution in [0.25, 0.3) is 0 Å². The molecule has 0 aromatic heterocycles. The molecule has 1 N–H and O–H groups in total. The van der Waals surface area contributed by atoms with Crippen LogP contribution in [-0.4, -0.2) is 49.9 Å². The SMILES string of the molecule is COCCNC(=O)c1ccc2c(c1)C(=O)N(C)C2=O. The lowest BCUT2D eigenvalue weighted by Gasteiger charge is -2.05. The van der Waals surface area contributed by atoms with Crippen molar-refractivity contribution in [3.63, 3.8) is 0 Å². The first kappa shape index (κ1) is 13.2. The Morgan fingerprint density at radius 3 is 2.63 bits per heavy atom. The first-order valence-electron chi connectivity index (χ1n) is 5.80. The van der Waals surface area contributed by atoms with Gasteiger partial charge >= 0.3 is 0 Å². The van der Waals surface area contributed by atoms with Gasteiger partial charge in [0.25, 0.3) is 17.7 Å². The average Bonchev–Trinajstić information content (AvgIpc) is 2.64. The molecule has 1 aliphatic rings. The number of fused-ring (bicyclic) bond motifs is 1. The van der Waals surface area contributed by atoms with Crippen LogP contribution in [-0.2, 0) is 4.74 Å². The van der Waals surface area contributed by atoms with Crippen LogP contribution >= 0.6 is 0 Å². The molecule has 0 saturated carbocycles. The quantitative estimate of drug-likeness (QED) is 0.625. The van der Waals surface area contributed by atoms with Crippen molar-refractivity contribution in [2.75, 3.05) is 27.3 Å². The Labute approximate surface area is 110 Å². The van der Waals surface area contributed by atoms with Gasteiger partial charge in [-0.1, -0.05) is 0 Å². The molecule has 0 atom stereocenters. The topological polar surface area (TPSA) is 75.7 Å². The van der Waals surface area contributed by atoms with E-state index in [0.717, 1.165) is 4.90 Å². The summed E-state index contributed by atoms with van der Waals surface area (Å²) >= 11 is 0. The van der Waals surface area contributed by atoms with Crippen LogP contribution in [0.3, 0.4) is 0 Å². The van der Waals surface area contributed by atoms with E-state index in [9.17, 15) is 14.4 Å². The first-order valence-corrected chi connectivity index (χ1v) is 5.80. The van der Waals surface area contributed by atoms with Gasteiger partial charge < -0.3 is 10.1 Å². The van der Waals surface area contributed by atoms with Crippen molar-refractivity contribution in [3.05, 3.63) is 34.9 Å². The van der Waals surface area contributed by atoms with E-state index in [1.54, 1.807) is 7.11 Å². The van der Waals surface area contributed by atoms with Gasteiger partial charge in [-0.05, 0) is 18.2 Å². The molecule has 0 bridgehead atoms. The maximum Gasteiger partial charge on any atom is 0.261 e. The third kappa shape index (κ3) is 2.34. The number of methoxy groups -OCH3 is 1. The summed E-state index contributed by atoms with van der Waals surface area (Å²) < 4.78 is 4.83. The number of nitrogens with one attached hydrogen (secondary N) is 1. The summed E-state index contributed by atoms with van der Waals surface area (Å²) in [5.41, 5.74) is 0.958. The van der Waals surface area contributed by atoms with Crippen LogP contribution in [0.15, 0.2) is 18.2 Å². The van der Waals surface area contributed by atoms with Crippen LogP contribution in [0.4, 0.5) is 0 Å². The number of rotatable bonds is 4. The molecule has 0 spiro atoms. The highest BCUT2D eigenvalue weighted by Crippen LogP contribution is 2.22. The maximum atomic E-state index is 11.8. The number of carbonyl (C=O) groups is 3.